The number of hydrogen-bond donors (Lipinski definition) is 1. The Balaban J connectivity index is 1.38. The van der Waals surface area contributed by atoms with Crippen LogP contribution in [-0.2, 0) is 16.0 Å². The quantitative estimate of drug-likeness (QED) is 0.679. The van der Waals surface area contributed by atoms with E-state index < -0.39 is 5.41 Å². The minimum absolute atomic E-state index is 0.0648. The van der Waals surface area contributed by atoms with Crippen molar-refractivity contribution in [1.82, 2.24) is 15.2 Å². The molecule has 2 aliphatic carbocycles. The molecule has 2 bridgehead atoms. The van der Waals surface area contributed by atoms with Crippen molar-refractivity contribution in [3.8, 4) is 11.1 Å². The van der Waals surface area contributed by atoms with Crippen LogP contribution in [0.2, 0.25) is 0 Å². The number of nitrogens with zero attached hydrogens (tertiary/aromatic N) is 2. The van der Waals surface area contributed by atoms with E-state index in [0.717, 1.165) is 29.5 Å². The molecule has 1 saturated carbocycles. The van der Waals surface area contributed by atoms with Gasteiger partial charge in [-0.05, 0) is 80.2 Å². The summed E-state index contributed by atoms with van der Waals surface area (Å²) in [5.41, 5.74) is 2.76. The maximum absolute atomic E-state index is 13.5. The van der Waals surface area contributed by atoms with Crippen LogP contribution in [0.1, 0.15) is 38.7 Å². The Morgan fingerprint density at radius 1 is 1.12 bits per heavy atom. The normalized spacial score (nSPS) is 28.0. The van der Waals surface area contributed by atoms with Gasteiger partial charge in [0.1, 0.15) is 0 Å². The van der Waals surface area contributed by atoms with Crippen LogP contribution in [0.5, 0.6) is 0 Å². The summed E-state index contributed by atoms with van der Waals surface area (Å²) in [6, 6.07) is 12.5. The molecule has 1 aromatic carbocycles. The van der Waals surface area contributed by atoms with Gasteiger partial charge in [0.15, 0.2) is 0 Å². The van der Waals surface area contributed by atoms with E-state index in [1.54, 1.807) is 12.4 Å². The zero-order valence-corrected chi connectivity index (χ0v) is 19.5. The van der Waals surface area contributed by atoms with Gasteiger partial charge in [-0.25, -0.2) is 0 Å². The van der Waals surface area contributed by atoms with Crippen LogP contribution in [0.3, 0.4) is 0 Å². The lowest BCUT2D eigenvalue weighted by atomic mass is 9.79. The third kappa shape index (κ3) is 4.33. The van der Waals surface area contributed by atoms with Gasteiger partial charge in [-0.1, -0.05) is 36.4 Å². The number of nitrogens with one attached hydrogen (secondary N) is 1. The second kappa shape index (κ2) is 8.77. The molecule has 3 aliphatic rings. The van der Waals surface area contributed by atoms with Crippen LogP contribution in [0.15, 0.2) is 60.9 Å². The molecule has 2 amide bonds. The van der Waals surface area contributed by atoms with Crippen LogP contribution in [0.25, 0.3) is 11.1 Å². The summed E-state index contributed by atoms with van der Waals surface area (Å²) in [6.07, 6.45) is 11.5. The van der Waals surface area contributed by atoms with Crippen LogP contribution < -0.4 is 5.32 Å². The molecule has 172 valence electrons. The van der Waals surface area contributed by atoms with Crippen molar-refractivity contribution < 1.29 is 9.59 Å². The Morgan fingerprint density at radius 3 is 2.64 bits per heavy atom. The number of carbonyl (C=O) groups excluding carboxylic acids is 2. The first-order valence-electron chi connectivity index (χ1n) is 12.2. The molecule has 0 unspecified atom stereocenters. The van der Waals surface area contributed by atoms with Crippen molar-refractivity contribution in [2.45, 2.75) is 45.6 Å². The van der Waals surface area contributed by atoms with Gasteiger partial charge in [-0.15, -0.1) is 0 Å². The largest absolute Gasteiger partial charge is 0.353 e. The molecule has 4 atom stereocenters. The number of carbonyl (C=O) groups is 2. The van der Waals surface area contributed by atoms with Gasteiger partial charge in [-0.3, -0.25) is 14.6 Å². The number of pyridine rings is 1. The highest BCUT2D eigenvalue weighted by Crippen LogP contribution is 2.45. The smallest absolute Gasteiger partial charge is 0.228 e. The van der Waals surface area contributed by atoms with Gasteiger partial charge in [0.2, 0.25) is 11.8 Å². The summed E-state index contributed by atoms with van der Waals surface area (Å²) < 4.78 is 0. The molecule has 5 rings (SSSR count). The standard InChI is InChI=1S/C28H33N3O2/c1-19(2)30-27(33)28(17-21-4-3-5-23(15-21)22-8-11-29-12-9-22)10-13-31(18-28)26(32)25-16-20-6-7-24(25)14-20/h3-9,11-12,15,19-20,24-25H,10,13-14,16-18H2,1-2H3,(H,30,33)/t20-,24+,25-,28+/m1/s1. The maximum atomic E-state index is 13.5. The second-order valence-electron chi connectivity index (χ2n) is 10.4. The van der Waals surface area contributed by atoms with Crippen molar-refractivity contribution in [2.24, 2.45) is 23.2 Å². The number of rotatable bonds is 6. The molecule has 2 fully saturated rings. The van der Waals surface area contributed by atoms with E-state index in [-0.39, 0.29) is 23.8 Å². The monoisotopic (exact) mass is 443 g/mol. The lowest BCUT2D eigenvalue weighted by Gasteiger charge is -2.31. The average molecular weight is 444 g/mol. The number of aromatic nitrogens is 1. The van der Waals surface area contributed by atoms with E-state index in [0.29, 0.717) is 37.8 Å². The van der Waals surface area contributed by atoms with Gasteiger partial charge < -0.3 is 10.2 Å². The summed E-state index contributed by atoms with van der Waals surface area (Å²) >= 11 is 0. The van der Waals surface area contributed by atoms with E-state index >= 15 is 0 Å². The number of allylic oxidation sites excluding steroid dienone is 2. The van der Waals surface area contributed by atoms with Crippen molar-refractivity contribution in [1.29, 1.82) is 0 Å². The number of amides is 2. The third-order valence-electron chi connectivity index (χ3n) is 7.65. The predicted octanol–water partition coefficient (Wildman–Crippen LogP) is 4.25. The molecule has 0 radical (unpaired) electrons. The SMILES string of the molecule is CC(C)NC(=O)[C@]1(Cc2cccc(-c3ccncc3)c2)CCN(C(=O)[C@@H]2C[C@@H]3C=C[C@H]2C3)C1. The van der Waals surface area contributed by atoms with Gasteiger partial charge in [-0.2, -0.15) is 0 Å². The van der Waals surface area contributed by atoms with E-state index in [1.165, 1.54) is 0 Å². The molecular weight excluding hydrogens is 410 g/mol. The number of hydrogen-bond acceptors (Lipinski definition) is 3. The average Bonchev–Trinajstić information content (AvgIpc) is 3.56. The zero-order chi connectivity index (χ0) is 23.0. The summed E-state index contributed by atoms with van der Waals surface area (Å²) in [7, 11) is 0. The highest BCUT2D eigenvalue weighted by atomic mass is 16.2. The van der Waals surface area contributed by atoms with E-state index in [4.69, 9.17) is 0 Å². The fourth-order valence-electron chi connectivity index (χ4n) is 5.98. The van der Waals surface area contributed by atoms with Crippen molar-refractivity contribution in [3.05, 3.63) is 66.5 Å². The number of likely N-dealkylation sites (tertiary alicyclic amines) is 1. The lowest BCUT2D eigenvalue weighted by Crippen LogP contribution is -2.48. The predicted molar refractivity (Wildman–Crippen MR) is 129 cm³/mol. The first-order chi connectivity index (χ1) is 15.9. The highest BCUT2D eigenvalue weighted by Gasteiger charge is 2.49. The molecule has 1 aromatic heterocycles. The fourth-order valence-corrected chi connectivity index (χ4v) is 5.98. The topological polar surface area (TPSA) is 62.3 Å². The van der Waals surface area contributed by atoms with Crippen molar-refractivity contribution >= 4 is 11.8 Å². The second-order valence-corrected chi connectivity index (χ2v) is 10.4. The van der Waals surface area contributed by atoms with Gasteiger partial charge in [0.05, 0.1) is 5.41 Å². The molecule has 1 aliphatic heterocycles. The van der Waals surface area contributed by atoms with Crippen molar-refractivity contribution in [2.75, 3.05) is 13.1 Å². The molecule has 1 saturated heterocycles. The molecule has 1 N–H and O–H groups in total. The van der Waals surface area contributed by atoms with Crippen LogP contribution in [0.4, 0.5) is 0 Å². The molecule has 33 heavy (non-hydrogen) atoms. The highest BCUT2D eigenvalue weighted by molar-refractivity contribution is 5.87. The van der Waals surface area contributed by atoms with Crippen LogP contribution >= 0.6 is 0 Å². The summed E-state index contributed by atoms with van der Waals surface area (Å²) in [5, 5.41) is 3.15. The molecule has 5 heteroatoms. The number of benzene rings is 1. The Morgan fingerprint density at radius 2 is 1.94 bits per heavy atom. The maximum Gasteiger partial charge on any atom is 0.228 e. The Kier molecular flexibility index (Phi) is 5.81. The summed E-state index contributed by atoms with van der Waals surface area (Å²) in [6.45, 7) is 5.15. The Hall–Kier alpha value is -2.95. The minimum atomic E-state index is -0.593. The van der Waals surface area contributed by atoms with Crippen LogP contribution in [0, 0.1) is 23.2 Å². The van der Waals surface area contributed by atoms with Gasteiger partial charge >= 0.3 is 0 Å². The first kappa shape index (κ1) is 21.9. The van der Waals surface area contributed by atoms with Gasteiger partial charge in [0, 0.05) is 37.4 Å². The van der Waals surface area contributed by atoms with E-state index in [2.05, 4.69) is 46.7 Å². The number of fused-ring (bicyclic) bond motifs is 2. The fraction of sp³-hybridized carbons (Fsp3) is 0.464. The first-order valence-corrected chi connectivity index (χ1v) is 12.2. The molecule has 2 heterocycles. The minimum Gasteiger partial charge on any atom is -0.353 e. The molecule has 2 aromatic rings. The van der Waals surface area contributed by atoms with Crippen LogP contribution in [-0.4, -0.2) is 40.8 Å². The van der Waals surface area contributed by atoms with E-state index in [1.807, 2.05) is 30.9 Å². The summed E-state index contributed by atoms with van der Waals surface area (Å²) in [5.74, 6) is 1.36. The van der Waals surface area contributed by atoms with Gasteiger partial charge in [0.25, 0.3) is 0 Å². The molecule has 0 spiro atoms. The zero-order valence-electron chi connectivity index (χ0n) is 19.5. The van der Waals surface area contributed by atoms with E-state index in [9.17, 15) is 9.59 Å². The third-order valence-corrected chi connectivity index (χ3v) is 7.65. The molecule has 5 nitrogen and oxygen atoms in total. The van der Waals surface area contributed by atoms with Crippen molar-refractivity contribution in [3.63, 3.8) is 0 Å². The Bertz CT molecular complexity index is 1060. The summed E-state index contributed by atoms with van der Waals surface area (Å²) in [4.78, 5) is 33.0. The Labute approximate surface area is 196 Å². The lowest BCUT2D eigenvalue weighted by molar-refractivity contribution is -0.137. The molecular formula is C28H33N3O2.